The summed E-state index contributed by atoms with van der Waals surface area (Å²) in [5.41, 5.74) is 8.15. The molecule has 2 aliphatic heterocycles. The molecule has 16 heteroatoms. The van der Waals surface area contributed by atoms with Gasteiger partial charge in [0.2, 0.25) is 11.8 Å². The number of hydrazine groups is 2. The largest absolute Gasteiger partial charge is 0.508 e. The second kappa shape index (κ2) is 22.4. The molecule has 6 aromatic carbocycles. The first-order chi connectivity index (χ1) is 34.0. The van der Waals surface area contributed by atoms with E-state index in [4.69, 9.17) is 18.9 Å². The monoisotopic (exact) mass is 982 g/mol. The third-order valence-electron chi connectivity index (χ3n) is 12.2. The van der Waals surface area contributed by atoms with Gasteiger partial charge in [-0.3, -0.25) is 30.0 Å². The predicted molar refractivity (Wildman–Crippen MR) is 274 cm³/mol. The van der Waals surface area contributed by atoms with Gasteiger partial charge in [0, 0.05) is 24.0 Å². The zero-order chi connectivity index (χ0) is 49.3. The summed E-state index contributed by atoms with van der Waals surface area (Å²) in [5, 5.41) is 26.8. The molecule has 0 spiro atoms. The Morgan fingerprint density at radius 2 is 0.914 bits per heavy atom. The molecule has 362 valence electrons. The van der Waals surface area contributed by atoms with Crippen molar-refractivity contribution in [1.29, 1.82) is 0 Å². The van der Waals surface area contributed by atoms with Gasteiger partial charge in [0.1, 0.15) is 22.2 Å². The van der Waals surface area contributed by atoms with Crippen molar-refractivity contribution in [1.82, 2.24) is 20.9 Å². The lowest BCUT2D eigenvalue weighted by molar-refractivity contribution is -0.138. The number of fused-ring (bicyclic) bond motifs is 2. The van der Waals surface area contributed by atoms with Crippen LogP contribution in [0, 0.1) is 0 Å². The van der Waals surface area contributed by atoms with E-state index >= 15 is 0 Å². The van der Waals surface area contributed by atoms with Crippen LogP contribution in [0.15, 0.2) is 119 Å². The molecule has 4 amide bonds. The number of rotatable bonds is 19. The summed E-state index contributed by atoms with van der Waals surface area (Å²) in [7, 11) is 6.17. The summed E-state index contributed by atoms with van der Waals surface area (Å²) >= 11 is 2.49. The molecular formula is C54H54N4O10S2. The molecule has 8 rings (SSSR count). The highest BCUT2D eigenvalue weighted by molar-refractivity contribution is 8.05. The number of methoxy groups -OCH3 is 4. The van der Waals surface area contributed by atoms with Gasteiger partial charge in [-0.2, -0.15) is 0 Å². The van der Waals surface area contributed by atoms with Gasteiger partial charge in [-0.05, 0) is 94.1 Å². The maximum atomic E-state index is 14.1. The first-order valence-corrected chi connectivity index (χ1v) is 24.7. The van der Waals surface area contributed by atoms with Gasteiger partial charge in [-0.1, -0.05) is 122 Å². The number of nitrogens with one attached hydrogen (secondary N) is 2. The lowest BCUT2D eigenvalue weighted by Crippen LogP contribution is -2.44. The van der Waals surface area contributed by atoms with Gasteiger partial charge in [0.05, 0.1) is 38.2 Å². The summed E-state index contributed by atoms with van der Waals surface area (Å²) in [4.78, 5) is 55.9. The normalized spacial score (nSPS) is 16.9. The van der Waals surface area contributed by atoms with Crippen molar-refractivity contribution in [3.8, 4) is 34.5 Å². The van der Waals surface area contributed by atoms with Crippen LogP contribution in [0.3, 0.4) is 0 Å². The smallest absolute Gasteiger partial charge is 0.280 e. The molecule has 14 nitrogen and oxygen atoms in total. The number of aromatic hydroxyl groups is 2. The molecule has 0 aromatic heterocycles. The minimum atomic E-state index is -0.743. The Kier molecular flexibility index (Phi) is 15.7. The second-order valence-electron chi connectivity index (χ2n) is 16.7. The number of carbonyl (C=O) groups excluding carboxylic acids is 4. The van der Waals surface area contributed by atoms with Crippen LogP contribution >= 0.6 is 23.5 Å². The summed E-state index contributed by atoms with van der Waals surface area (Å²) < 4.78 is 21.7. The van der Waals surface area contributed by atoms with Crippen molar-refractivity contribution in [2.24, 2.45) is 0 Å². The quantitative estimate of drug-likeness (QED) is 0.0447. The topological polar surface area (TPSA) is 176 Å². The van der Waals surface area contributed by atoms with E-state index < -0.39 is 22.6 Å². The Labute approximate surface area is 414 Å². The first-order valence-electron chi connectivity index (χ1n) is 22.9. The van der Waals surface area contributed by atoms with Crippen LogP contribution in [0.4, 0.5) is 0 Å². The third-order valence-corrected chi connectivity index (χ3v) is 14.6. The number of amides is 4. The fraction of sp³-hybridized carbons (Fsp3) is 0.259. The Balaban J connectivity index is 0.860. The lowest BCUT2D eigenvalue weighted by atomic mass is 10.0. The van der Waals surface area contributed by atoms with Gasteiger partial charge in [-0.25, -0.2) is 10.0 Å². The van der Waals surface area contributed by atoms with E-state index in [2.05, 4.69) is 10.9 Å². The van der Waals surface area contributed by atoms with Gasteiger partial charge in [0.25, 0.3) is 11.8 Å². The number of nitrogens with zero attached hydrogens (tertiary/aromatic N) is 2. The standard InChI is InChI=1S/C54H54N4O10S2/c1-65-41-27-21-33(29-43(41)67-3)31-45-51(63)57(53(69-45)49-37-17-13-11-15-35(37)23-25-39(49)59)55-47(61)19-9-7-5-6-8-10-20-48(62)56-58-52(64)46(32-34-22-28-42(66-2)44(30-34)68-4)70-54(58)50-38-18-14-12-16-36(38)24-26-40(50)60/h11-18,21-32,53-54,59-60H,5-10,19-20H2,1-4H3,(H,55,61)(H,56,62). The zero-order valence-electron chi connectivity index (χ0n) is 39.2. The van der Waals surface area contributed by atoms with Crippen molar-refractivity contribution in [3.05, 3.63) is 141 Å². The maximum absolute atomic E-state index is 14.1. The molecule has 2 aliphatic rings. The second-order valence-corrected chi connectivity index (χ2v) is 18.9. The first kappa shape index (κ1) is 49.1. The lowest BCUT2D eigenvalue weighted by Gasteiger charge is -2.25. The molecule has 2 fully saturated rings. The number of hydrogen-bond acceptors (Lipinski definition) is 12. The molecule has 70 heavy (non-hydrogen) atoms. The van der Waals surface area contributed by atoms with E-state index in [0.717, 1.165) is 47.2 Å². The SMILES string of the molecule is COc1ccc(C=C2SC(c3c(O)ccc4ccccc34)N(NC(=O)CCCCCCCCC(=O)NN3C(=O)C(=Cc4ccc(OC)c(OC)c4)SC3c3c(O)ccc4ccccc34)C2=O)cc1OC. The van der Waals surface area contributed by atoms with Crippen molar-refractivity contribution in [2.45, 2.75) is 62.1 Å². The molecule has 2 unspecified atom stereocenters. The summed E-state index contributed by atoms with van der Waals surface area (Å²) in [6.07, 6.45) is 8.14. The van der Waals surface area contributed by atoms with E-state index in [9.17, 15) is 29.4 Å². The van der Waals surface area contributed by atoms with E-state index in [1.165, 1.54) is 47.8 Å². The van der Waals surface area contributed by atoms with Crippen LogP contribution < -0.4 is 29.8 Å². The van der Waals surface area contributed by atoms with Crippen LogP contribution in [0.25, 0.3) is 33.7 Å². The number of benzene rings is 6. The van der Waals surface area contributed by atoms with Crippen molar-refractivity contribution < 1.29 is 48.3 Å². The molecule has 2 heterocycles. The van der Waals surface area contributed by atoms with Crippen LogP contribution in [-0.2, 0) is 19.2 Å². The highest BCUT2D eigenvalue weighted by Gasteiger charge is 2.42. The van der Waals surface area contributed by atoms with Crippen molar-refractivity contribution in [3.63, 3.8) is 0 Å². The van der Waals surface area contributed by atoms with Gasteiger partial charge in [0.15, 0.2) is 23.0 Å². The maximum Gasteiger partial charge on any atom is 0.280 e. The van der Waals surface area contributed by atoms with Gasteiger partial charge >= 0.3 is 0 Å². The van der Waals surface area contributed by atoms with Gasteiger partial charge < -0.3 is 29.2 Å². The molecule has 0 bridgehead atoms. The van der Waals surface area contributed by atoms with Crippen molar-refractivity contribution in [2.75, 3.05) is 28.4 Å². The zero-order valence-corrected chi connectivity index (χ0v) is 40.9. The molecule has 6 aromatic rings. The predicted octanol–water partition coefficient (Wildman–Crippen LogP) is 10.6. The van der Waals surface area contributed by atoms with Crippen LogP contribution in [0.2, 0.25) is 0 Å². The van der Waals surface area contributed by atoms with E-state index in [1.807, 2.05) is 72.8 Å². The molecule has 2 saturated heterocycles. The average Bonchev–Trinajstić information content (AvgIpc) is 3.83. The molecule has 0 radical (unpaired) electrons. The van der Waals surface area contributed by atoms with E-state index in [-0.39, 0.29) is 36.2 Å². The number of thioether (sulfide) groups is 2. The third kappa shape index (κ3) is 10.8. The number of unbranched alkanes of at least 4 members (excludes halogenated alkanes) is 5. The molecule has 2 atom stereocenters. The molecule has 0 aliphatic carbocycles. The highest BCUT2D eigenvalue weighted by atomic mass is 32.2. The Bertz CT molecular complexity index is 2810. The summed E-state index contributed by atoms with van der Waals surface area (Å²) in [6, 6.07) is 32.7. The Morgan fingerprint density at radius 1 is 0.529 bits per heavy atom. The summed E-state index contributed by atoms with van der Waals surface area (Å²) in [5.74, 6) is 0.665. The van der Waals surface area contributed by atoms with E-state index in [0.29, 0.717) is 67.9 Å². The highest BCUT2D eigenvalue weighted by Crippen LogP contribution is 2.51. The number of phenols is 2. The Hall–Kier alpha value is -7.30. The van der Waals surface area contributed by atoms with Crippen LogP contribution in [0.5, 0.6) is 34.5 Å². The molecule has 4 N–H and O–H groups in total. The summed E-state index contributed by atoms with van der Waals surface area (Å²) in [6.45, 7) is 0. The van der Waals surface area contributed by atoms with E-state index in [1.54, 1.807) is 62.8 Å². The number of ether oxygens (including phenoxy) is 4. The fourth-order valence-corrected chi connectivity index (χ4v) is 11.1. The van der Waals surface area contributed by atoms with Gasteiger partial charge in [-0.15, -0.1) is 0 Å². The minimum Gasteiger partial charge on any atom is -0.508 e. The molecule has 0 saturated carbocycles. The number of phenolic OH excluding ortho intramolecular Hbond substituents is 2. The van der Waals surface area contributed by atoms with Crippen LogP contribution in [0.1, 0.15) is 84.4 Å². The minimum absolute atomic E-state index is 0.00996. The van der Waals surface area contributed by atoms with Crippen molar-refractivity contribution >= 4 is 80.8 Å². The van der Waals surface area contributed by atoms with Crippen LogP contribution in [-0.4, -0.2) is 72.3 Å². The number of carbonyl (C=O) groups is 4. The number of hydrogen-bond donors (Lipinski definition) is 4. The average molecular weight is 983 g/mol. The Morgan fingerprint density at radius 3 is 1.31 bits per heavy atom. The molecular weight excluding hydrogens is 929 g/mol. The fourth-order valence-electron chi connectivity index (χ4n) is 8.62.